The van der Waals surface area contributed by atoms with E-state index in [2.05, 4.69) is 17.6 Å². The predicted molar refractivity (Wildman–Crippen MR) is 72.1 cm³/mol. The van der Waals surface area contributed by atoms with E-state index in [-0.39, 0.29) is 0 Å². The van der Waals surface area contributed by atoms with Crippen molar-refractivity contribution in [2.24, 2.45) is 11.8 Å². The van der Waals surface area contributed by atoms with Crippen LogP contribution in [0.1, 0.15) is 58.3 Å². The number of hydrogen-bond donors (Lipinski definition) is 2. The zero-order valence-corrected chi connectivity index (χ0v) is 11.3. The summed E-state index contributed by atoms with van der Waals surface area (Å²) in [5.41, 5.74) is 0. The van der Waals surface area contributed by atoms with Gasteiger partial charge in [0.25, 0.3) is 0 Å². The normalized spacial score (nSPS) is 43.9. The summed E-state index contributed by atoms with van der Waals surface area (Å²) >= 11 is 0. The minimum atomic E-state index is 0.868. The van der Waals surface area contributed by atoms with Crippen LogP contribution in [0.25, 0.3) is 0 Å². The van der Waals surface area contributed by atoms with Crippen LogP contribution < -0.4 is 10.6 Å². The van der Waals surface area contributed by atoms with E-state index in [0.29, 0.717) is 0 Å². The van der Waals surface area contributed by atoms with Gasteiger partial charge in [-0.25, -0.2) is 0 Å². The van der Waals surface area contributed by atoms with Crippen molar-refractivity contribution in [2.75, 3.05) is 6.54 Å². The van der Waals surface area contributed by atoms with Gasteiger partial charge in [-0.3, -0.25) is 0 Å². The molecule has 1 aliphatic carbocycles. The summed E-state index contributed by atoms with van der Waals surface area (Å²) in [4.78, 5) is 0. The first-order chi connectivity index (χ1) is 8.35. The highest BCUT2D eigenvalue weighted by atomic mass is 15.0. The molecule has 98 valence electrons. The monoisotopic (exact) mass is 236 g/mol. The fourth-order valence-corrected chi connectivity index (χ4v) is 4.07. The Kier molecular flexibility index (Phi) is 3.72. The lowest BCUT2D eigenvalue weighted by atomic mass is 9.90. The Morgan fingerprint density at radius 2 is 1.82 bits per heavy atom. The molecule has 0 aromatic carbocycles. The Balaban J connectivity index is 1.30. The van der Waals surface area contributed by atoms with Crippen LogP contribution in [0.4, 0.5) is 0 Å². The predicted octanol–water partition coefficient (Wildman–Crippen LogP) is 2.69. The van der Waals surface area contributed by atoms with Gasteiger partial charge < -0.3 is 10.6 Å². The molecule has 2 bridgehead atoms. The largest absolute Gasteiger partial charge is 0.314 e. The molecule has 0 spiro atoms. The van der Waals surface area contributed by atoms with Gasteiger partial charge in [0.05, 0.1) is 0 Å². The van der Waals surface area contributed by atoms with Crippen molar-refractivity contribution in [3.8, 4) is 0 Å². The Labute approximate surface area is 106 Å². The molecule has 3 aliphatic rings. The van der Waals surface area contributed by atoms with Crippen molar-refractivity contribution >= 4 is 0 Å². The first-order valence-electron chi connectivity index (χ1n) is 7.84. The molecule has 4 unspecified atom stereocenters. The summed E-state index contributed by atoms with van der Waals surface area (Å²) < 4.78 is 0. The highest BCUT2D eigenvalue weighted by Crippen LogP contribution is 2.35. The maximum atomic E-state index is 3.77. The minimum Gasteiger partial charge on any atom is -0.314 e. The summed E-state index contributed by atoms with van der Waals surface area (Å²) in [6, 6.07) is 2.62. The smallest absolute Gasteiger partial charge is 0.00991 e. The van der Waals surface area contributed by atoms with E-state index < -0.39 is 0 Å². The highest BCUT2D eigenvalue weighted by Gasteiger charge is 2.36. The second-order valence-corrected chi connectivity index (χ2v) is 6.61. The summed E-state index contributed by atoms with van der Waals surface area (Å²) in [6.07, 6.45) is 11.4. The zero-order chi connectivity index (χ0) is 11.7. The molecule has 0 amide bonds. The number of hydrogen-bond acceptors (Lipinski definition) is 2. The number of nitrogens with one attached hydrogen (secondary N) is 2. The molecule has 3 rings (SSSR count). The lowest BCUT2D eigenvalue weighted by Gasteiger charge is -2.29. The second-order valence-electron chi connectivity index (χ2n) is 6.61. The van der Waals surface area contributed by atoms with Gasteiger partial charge in [-0.05, 0) is 63.3 Å². The molecule has 1 saturated carbocycles. The van der Waals surface area contributed by atoms with Crippen molar-refractivity contribution in [3.05, 3.63) is 0 Å². The third kappa shape index (κ3) is 3.03. The van der Waals surface area contributed by atoms with Gasteiger partial charge >= 0.3 is 0 Å². The van der Waals surface area contributed by atoms with Crippen LogP contribution in [0.5, 0.6) is 0 Å². The first-order valence-corrected chi connectivity index (χ1v) is 7.84. The van der Waals surface area contributed by atoms with E-state index in [1.165, 1.54) is 57.9 Å². The van der Waals surface area contributed by atoms with Crippen LogP contribution in [0.2, 0.25) is 0 Å². The van der Waals surface area contributed by atoms with E-state index in [1.54, 1.807) is 0 Å². The van der Waals surface area contributed by atoms with Crippen LogP contribution in [0.15, 0.2) is 0 Å². The van der Waals surface area contributed by atoms with Crippen molar-refractivity contribution < 1.29 is 0 Å². The van der Waals surface area contributed by atoms with Gasteiger partial charge in [0.1, 0.15) is 0 Å². The van der Waals surface area contributed by atoms with E-state index in [4.69, 9.17) is 0 Å². The van der Waals surface area contributed by atoms with Crippen LogP contribution >= 0.6 is 0 Å². The Morgan fingerprint density at radius 1 is 1.06 bits per heavy atom. The molecule has 3 fully saturated rings. The number of rotatable bonds is 6. The Hall–Kier alpha value is -0.0800. The van der Waals surface area contributed by atoms with Crippen molar-refractivity contribution in [1.29, 1.82) is 0 Å². The average molecular weight is 236 g/mol. The topological polar surface area (TPSA) is 24.1 Å². The SMILES string of the molecule is CCCC1CC1NCCC1CC2CCC(C1)N2. The Bertz CT molecular complexity index is 241. The minimum absolute atomic E-state index is 0.868. The van der Waals surface area contributed by atoms with Gasteiger partial charge in [-0.1, -0.05) is 13.3 Å². The molecule has 2 heteroatoms. The van der Waals surface area contributed by atoms with Crippen molar-refractivity contribution in [1.82, 2.24) is 10.6 Å². The lowest BCUT2D eigenvalue weighted by Crippen LogP contribution is -2.38. The third-order valence-corrected chi connectivity index (χ3v) is 5.11. The summed E-state index contributed by atoms with van der Waals surface area (Å²) in [6.45, 7) is 3.58. The number of piperidine rings is 1. The van der Waals surface area contributed by atoms with Crippen molar-refractivity contribution in [2.45, 2.75) is 76.4 Å². The van der Waals surface area contributed by atoms with Gasteiger partial charge in [0, 0.05) is 18.1 Å². The summed E-state index contributed by atoms with van der Waals surface area (Å²) in [5, 5.41) is 7.50. The molecular weight excluding hydrogens is 208 g/mol. The molecule has 2 N–H and O–H groups in total. The maximum absolute atomic E-state index is 3.77. The molecule has 2 saturated heterocycles. The quantitative estimate of drug-likeness (QED) is 0.741. The zero-order valence-electron chi connectivity index (χ0n) is 11.3. The summed E-state index contributed by atoms with van der Waals surface area (Å²) in [5.74, 6) is 2.02. The van der Waals surface area contributed by atoms with Gasteiger partial charge in [-0.15, -0.1) is 0 Å². The molecular formula is C15H28N2. The van der Waals surface area contributed by atoms with E-state index in [1.807, 2.05) is 0 Å². The Morgan fingerprint density at radius 3 is 2.53 bits per heavy atom. The van der Waals surface area contributed by atoms with Gasteiger partial charge in [0.2, 0.25) is 0 Å². The van der Waals surface area contributed by atoms with Gasteiger partial charge in [0.15, 0.2) is 0 Å². The van der Waals surface area contributed by atoms with Crippen molar-refractivity contribution in [3.63, 3.8) is 0 Å². The first kappa shape index (κ1) is 12.0. The van der Waals surface area contributed by atoms with E-state index >= 15 is 0 Å². The molecule has 0 radical (unpaired) electrons. The second kappa shape index (κ2) is 5.27. The molecule has 0 aromatic rings. The molecule has 17 heavy (non-hydrogen) atoms. The summed E-state index contributed by atoms with van der Waals surface area (Å²) in [7, 11) is 0. The standard InChI is InChI=1S/C15H28N2/c1-2-3-12-10-15(12)16-7-6-11-8-13-4-5-14(9-11)17-13/h11-17H,2-10H2,1H3. The van der Waals surface area contributed by atoms with Crippen LogP contribution in [-0.4, -0.2) is 24.7 Å². The fraction of sp³-hybridized carbons (Fsp3) is 1.00. The number of fused-ring (bicyclic) bond motifs is 2. The van der Waals surface area contributed by atoms with Crippen LogP contribution in [0.3, 0.4) is 0 Å². The molecule has 4 atom stereocenters. The maximum Gasteiger partial charge on any atom is 0.00991 e. The lowest BCUT2D eigenvalue weighted by molar-refractivity contribution is 0.282. The van der Waals surface area contributed by atoms with Crippen LogP contribution in [-0.2, 0) is 0 Å². The molecule has 2 nitrogen and oxygen atoms in total. The fourth-order valence-electron chi connectivity index (χ4n) is 4.07. The highest BCUT2D eigenvalue weighted by molar-refractivity contribution is 4.94. The molecule has 2 aliphatic heterocycles. The third-order valence-electron chi connectivity index (χ3n) is 5.11. The molecule has 2 heterocycles. The molecule has 0 aromatic heterocycles. The average Bonchev–Trinajstić information content (AvgIpc) is 2.96. The van der Waals surface area contributed by atoms with E-state index in [9.17, 15) is 0 Å². The van der Waals surface area contributed by atoms with E-state index in [0.717, 1.165) is 30.0 Å². The van der Waals surface area contributed by atoms with Gasteiger partial charge in [-0.2, -0.15) is 0 Å². The van der Waals surface area contributed by atoms with Crippen LogP contribution in [0, 0.1) is 11.8 Å².